The van der Waals surface area contributed by atoms with Crippen LogP contribution in [-0.2, 0) is 0 Å². The maximum absolute atomic E-state index is 4.55. The Labute approximate surface area is 150 Å². The van der Waals surface area contributed by atoms with Crippen molar-refractivity contribution in [3.05, 3.63) is 54.5 Å². The second-order valence-electron chi connectivity index (χ2n) is 6.91. The monoisotopic (exact) mass is 336 g/mol. The van der Waals surface area contributed by atoms with Crippen molar-refractivity contribution in [2.75, 3.05) is 19.4 Å². The van der Waals surface area contributed by atoms with Crippen LogP contribution in [0.4, 0.5) is 5.82 Å². The molecule has 1 aromatic heterocycles. The number of nitrogens with zero attached hydrogens (tertiary/aromatic N) is 2. The topological polar surface area (TPSA) is 40.2 Å². The van der Waals surface area contributed by atoms with Gasteiger partial charge < -0.3 is 10.3 Å². The standard InChI is InChI=1S/C21H28N4/c1-15(14-25(4)22-3)18-9-10-19-13-23-21(12-20(19)11-18)24-16(2)17-7-5-6-8-17/h9-14,17,22H,2,5-8H2,1,3-4H3,(H,23,24)/b15-14+. The maximum Gasteiger partial charge on any atom is 0.130 e. The van der Waals surface area contributed by atoms with E-state index in [1.54, 1.807) is 0 Å². The van der Waals surface area contributed by atoms with E-state index >= 15 is 0 Å². The van der Waals surface area contributed by atoms with Gasteiger partial charge in [-0.3, -0.25) is 0 Å². The molecule has 2 aromatic rings. The predicted octanol–water partition coefficient (Wildman–Crippen LogP) is 4.78. The summed E-state index contributed by atoms with van der Waals surface area (Å²) in [6.07, 6.45) is 9.13. The number of pyridine rings is 1. The number of anilines is 1. The van der Waals surface area contributed by atoms with Crippen LogP contribution in [-0.4, -0.2) is 24.1 Å². The van der Waals surface area contributed by atoms with Crippen LogP contribution in [0.25, 0.3) is 16.3 Å². The number of hydrogen-bond donors (Lipinski definition) is 2. The maximum atomic E-state index is 4.55. The summed E-state index contributed by atoms with van der Waals surface area (Å²) in [5, 5.41) is 7.71. The van der Waals surface area contributed by atoms with Gasteiger partial charge in [0.1, 0.15) is 5.82 Å². The van der Waals surface area contributed by atoms with Gasteiger partial charge in [0.25, 0.3) is 0 Å². The fourth-order valence-electron chi connectivity index (χ4n) is 3.43. The summed E-state index contributed by atoms with van der Waals surface area (Å²) < 4.78 is 0. The van der Waals surface area contributed by atoms with Gasteiger partial charge in [-0.25, -0.2) is 10.4 Å². The zero-order chi connectivity index (χ0) is 17.8. The van der Waals surface area contributed by atoms with E-state index in [1.807, 2.05) is 25.3 Å². The van der Waals surface area contributed by atoms with Crippen LogP contribution in [0, 0.1) is 5.92 Å². The third kappa shape index (κ3) is 4.20. The molecule has 132 valence electrons. The van der Waals surface area contributed by atoms with Crippen molar-refractivity contribution < 1.29 is 0 Å². The Balaban J connectivity index is 1.83. The number of rotatable bonds is 6. The van der Waals surface area contributed by atoms with Crippen LogP contribution in [0.3, 0.4) is 0 Å². The lowest BCUT2D eigenvalue weighted by molar-refractivity contribution is 0.366. The van der Waals surface area contributed by atoms with Crippen LogP contribution in [0.2, 0.25) is 0 Å². The van der Waals surface area contributed by atoms with Gasteiger partial charge in [0.15, 0.2) is 0 Å². The zero-order valence-electron chi connectivity index (χ0n) is 15.5. The average molecular weight is 336 g/mol. The molecule has 1 aliphatic carbocycles. The largest absolute Gasteiger partial charge is 0.344 e. The predicted molar refractivity (Wildman–Crippen MR) is 107 cm³/mol. The van der Waals surface area contributed by atoms with Crippen molar-refractivity contribution in [2.24, 2.45) is 5.92 Å². The van der Waals surface area contributed by atoms with Gasteiger partial charge in [0.05, 0.1) is 0 Å². The van der Waals surface area contributed by atoms with Crippen LogP contribution in [0.5, 0.6) is 0 Å². The molecule has 0 aliphatic heterocycles. The summed E-state index contributed by atoms with van der Waals surface area (Å²) in [7, 11) is 3.90. The normalized spacial score (nSPS) is 15.6. The summed E-state index contributed by atoms with van der Waals surface area (Å²) in [5.41, 5.74) is 6.61. The van der Waals surface area contributed by atoms with E-state index in [1.165, 1.54) is 42.2 Å². The highest BCUT2D eigenvalue weighted by Crippen LogP contribution is 2.31. The van der Waals surface area contributed by atoms with E-state index in [4.69, 9.17) is 0 Å². The molecule has 1 aromatic carbocycles. The molecule has 0 atom stereocenters. The minimum atomic E-state index is 0.589. The molecular formula is C21H28N4. The molecule has 25 heavy (non-hydrogen) atoms. The van der Waals surface area contributed by atoms with E-state index in [-0.39, 0.29) is 0 Å². The molecular weight excluding hydrogens is 308 g/mol. The summed E-state index contributed by atoms with van der Waals surface area (Å²) in [6, 6.07) is 8.61. The first-order valence-corrected chi connectivity index (χ1v) is 9.01. The fourth-order valence-corrected chi connectivity index (χ4v) is 3.43. The second kappa shape index (κ2) is 7.70. The minimum Gasteiger partial charge on any atom is -0.344 e. The molecule has 0 spiro atoms. The second-order valence-corrected chi connectivity index (χ2v) is 6.91. The number of benzene rings is 1. The molecule has 1 fully saturated rings. The van der Waals surface area contributed by atoms with Crippen molar-refractivity contribution in [2.45, 2.75) is 32.6 Å². The first-order valence-electron chi connectivity index (χ1n) is 9.01. The summed E-state index contributed by atoms with van der Waals surface area (Å²) in [6.45, 7) is 6.35. The van der Waals surface area contributed by atoms with Crippen LogP contribution >= 0.6 is 0 Å². The number of fused-ring (bicyclic) bond motifs is 1. The molecule has 1 saturated carbocycles. The number of hydrazine groups is 1. The van der Waals surface area contributed by atoms with Crippen LogP contribution in [0.1, 0.15) is 38.2 Å². The van der Waals surface area contributed by atoms with Gasteiger partial charge in [0, 0.05) is 37.6 Å². The van der Waals surface area contributed by atoms with Crippen molar-refractivity contribution in [1.82, 2.24) is 15.4 Å². The molecule has 0 amide bonds. The smallest absolute Gasteiger partial charge is 0.130 e. The van der Waals surface area contributed by atoms with Gasteiger partial charge in [-0.2, -0.15) is 0 Å². The van der Waals surface area contributed by atoms with Crippen molar-refractivity contribution in [3.63, 3.8) is 0 Å². The lowest BCUT2D eigenvalue weighted by Gasteiger charge is -2.16. The van der Waals surface area contributed by atoms with E-state index in [0.29, 0.717) is 5.92 Å². The molecule has 4 nitrogen and oxygen atoms in total. The van der Waals surface area contributed by atoms with E-state index < -0.39 is 0 Å². The van der Waals surface area contributed by atoms with E-state index in [9.17, 15) is 0 Å². The van der Waals surface area contributed by atoms with Crippen LogP contribution in [0.15, 0.2) is 48.9 Å². The Morgan fingerprint density at radius 3 is 2.72 bits per heavy atom. The Bertz CT molecular complexity index is 788. The Hall–Kier alpha value is -2.33. The van der Waals surface area contributed by atoms with Gasteiger partial charge in [-0.05, 0) is 54.3 Å². The van der Waals surface area contributed by atoms with Gasteiger partial charge in [-0.15, -0.1) is 0 Å². The summed E-state index contributed by atoms with van der Waals surface area (Å²) >= 11 is 0. The summed E-state index contributed by atoms with van der Waals surface area (Å²) in [4.78, 5) is 4.55. The third-order valence-corrected chi connectivity index (χ3v) is 5.05. The zero-order valence-corrected chi connectivity index (χ0v) is 15.5. The molecule has 1 heterocycles. The Kier molecular flexibility index (Phi) is 5.39. The third-order valence-electron chi connectivity index (χ3n) is 5.05. The quantitative estimate of drug-likeness (QED) is 0.745. The van der Waals surface area contributed by atoms with Crippen molar-refractivity contribution in [1.29, 1.82) is 0 Å². The van der Waals surface area contributed by atoms with Gasteiger partial charge in [-0.1, -0.05) is 31.6 Å². The molecule has 4 heteroatoms. The highest BCUT2D eigenvalue weighted by Gasteiger charge is 2.18. The lowest BCUT2D eigenvalue weighted by atomic mass is 10.0. The van der Waals surface area contributed by atoms with Gasteiger partial charge in [0.2, 0.25) is 0 Å². The highest BCUT2D eigenvalue weighted by atomic mass is 15.5. The van der Waals surface area contributed by atoms with Crippen molar-refractivity contribution in [3.8, 4) is 0 Å². The van der Waals surface area contributed by atoms with Gasteiger partial charge >= 0.3 is 0 Å². The molecule has 3 rings (SSSR count). The van der Waals surface area contributed by atoms with E-state index in [0.717, 1.165) is 16.9 Å². The molecule has 0 unspecified atom stereocenters. The van der Waals surface area contributed by atoms with Crippen molar-refractivity contribution >= 4 is 22.2 Å². The van der Waals surface area contributed by atoms with E-state index in [2.05, 4.69) is 59.7 Å². The minimum absolute atomic E-state index is 0.589. The first-order chi connectivity index (χ1) is 12.1. The SMILES string of the molecule is C=C(Nc1cc2cc(/C(C)=C/N(C)NC)ccc2cn1)C1CCCC1. The molecule has 0 saturated heterocycles. The molecule has 0 radical (unpaired) electrons. The first kappa shape index (κ1) is 17.5. The Morgan fingerprint density at radius 2 is 2.00 bits per heavy atom. The number of allylic oxidation sites excluding steroid dienone is 2. The fraction of sp³-hybridized carbons (Fsp3) is 0.381. The molecule has 0 bridgehead atoms. The number of hydrogen-bond acceptors (Lipinski definition) is 4. The number of aromatic nitrogens is 1. The van der Waals surface area contributed by atoms with Crippen LogP contribution < -0.4 is 10.7 Å². The lowest BCUT2D eigenvalue weighted by Crippen LogP contribution is -2.25. The molecule has 2 N–H and O–H groups in total. The average Bonchev–Trinajstić information content (AvgIpc) is 3.15. The molecule has 1 aliphatic rings. The Morgan fingerprint density at radius 1 is 1.24 bits per heavy atom. The summed E-state index contributed by atoms with van der Waals surface area (Å²) in [5.74, 6) is 1.47. The number of nitrogens with one attached hydrogen (secondary N) is 2. The highest BCUT2D eigenvalue weighted by molar-refractivity contribution is 5.87.